The van der Waals surface area contributed by atoms with Crippen molar-refractivity contribution >= 4 is 28.6 Å². The van der Waals surface area contributed by atoms with Gasteiger partial charge < -0.3 is 14.5 Å². The minimum atomic E-state index is -0.415. The third-order valence-electron chi connectivity index (χ3n) is 4.77. The number of hydrogen-bond acceptors (Lipinski definition) is 6. The largest absolute Gasteiger partial charge is 0.494 e. The first-order valence-electron chi connectivity index (χ1n) is 10.2. The van der Waals surface area contributed by atoms with E-state index in [-0.39, 0.29) is 5.97 Å². The summed E-state index contributed by atoms with van der Waals surface area (Å²) in [6, 6.07) is 15.8. The number of nitrogens with zero attached hydrogens (tertiary/aromatic N) is 3. The molecule has 160 valence electrons. The number of esters is 1. The van der Waals surface area contributed by atoms with Gasteiger partial charge in [0.1, 0.15) is 11.0 Å². The molecule has 0 fully saturated rings. The summed E-state index contributed by atoms with van der Waals surface area (Å²) in [7, 11) is 0. The Bertz CT molecular complexity index is 1180. The number of aromatic amines is 1. The van der Waals surface area contributed by atoms with Crippen LogP contribution in [-0.4, -0.2) is 44.2 Å². The van der Waals surface area contributed by atoms with Crippen molar-refractivity contribution in [2.24, 2.45) is 0 Å². The zero-order valence-electron chi connectivity index (χ0n) is 17.7. The molecule has 0 saturated carbocycles. The molecule has 4 aromatic rings. The van der Waals surface area contributed by atoms with Gasteiger partial charge in [0, 0.05) is 28.4 Å². The Labute approximate surface area is 184 Å². The first-order valence-corrected chi connectivity index (χ1v) is 11.1. The Morgan fingerprint density at radius 1 is 1.10 bits per heavy atom. The number of carbonyl (C=O) groups excluding carboxylic acids is 1. The second-order valence-electron chi connectivity index (χ2n) is 6.83. The van der Waals surface area contributed by atoms with E-state index in [9.17, 15) is 4.79 Å². The lowest BCUT2D eigenvalue weighted by molar-refractivity contribution is -0.142. The molecule has 4 rings (SSSR count). The molecular formula is C23H24N4O3S. The number of fused-ring (bicyclic) bond motifs is 1. The zero-order chi connectivity index (χ0) is 21.8. The molecule has 8 heteroatoms. The Hall–Kier alpha value is -3.26. The Balaban J connectivity index is 1.80. The molecule has 0 aliphatic heterocycles. The number of rotatable bonds is 8. The topological polar surface area (TPSA) is 82.0 Å². The lowest BCUT2D eigenvalue weighted by atomic mass is 10.1. The maximum atomic E-state index is 12.2. The molecule has 0 saturated heterocycles. The predicted octanol–water partition coefficient (Wildman–Crippen LogP) is 4.86. The fraction of sp³-hybridized carbons (Fsp3) is 0.261. The van der Waals surface area contributed by atoms with Gasteiger partial charge in [-0.2, -0.15) is 0 Å². The molecule has 0 aliphatic rings. The van der Waals surface area contributed by atoms with Crippen LogP contribution in [0.4, 0.5) is 0 Å². The van der Waals surface area contributed by atoms with Crippen LogP contribution < -0.4 is 4.74 Å². The Kier molecular flexibility index (Phi) is 6.27. The van der Waals surface area contributed by atoms with E-state index in [2.05, 4.69) is 15.2 Å². The molecule has 2 aromatic heterocycles. The summed E-state index contributed by atoms with van der Waals surface area (Å²) in [5, 5.41) is 10.2. The van der Waals surface area contributed by atoms with Gasteiger partial charge in [0.25, 0.3) is 0 Å². The quantitative estimate of drug-likeness (QED) is 0.314. The van der Waals surface area contributed by atoms with Crippen LogP contribution in [0.3, 0.4) is 0 Å². The summed E-state index contributed by atoms with van der Waals surface area (Å²) in [5.41, 5.74) is 2.84. The summed E-state index contributed by atoms with van der Waals surface area (Å²) in [6.45, 7) is 6.51. The van der Waals surface area contributed by atoms with Crippen molar-refractivity contribution in [2.45, 2.75) is 31.2 Å². The fourth-order valence-corrected chi connectivity index (χ4v) is 4.20. The van der Waals surface area contributed by atoms with Crippen LogP contribution in [0, 0.1) is 0 Å². The number of aromatic nitrogens is 4. The first kappa shape index (κ1) is 21.0. The van der Waals surface area contributed by atoms with E-state index in [1.165, 1.54) is 11.8 Å². The molecule has 0 unspecified atom stereocenters. The van der Waals surface area contributed by atoms with Crippen molar-refractivity contribution in [1.29, 1.82) is 0 Å². The number of para-hydroxylation sites is 1. The lowest BCUT2D eigenvalue weighted by Crippen LogP contribution is -2.17. The average molecular weight is 437 g/mol. The summed E-state index contributed by atoms with van der Waals surface area (Å²) >= 11 is 1.32. The van der Waals surface area contributed by atoms with Gasteiger partial charge in [-0.05, 0) is 51.1 Å². The van der Waals surface area contributed by atoms with Gasteiger partial charge in [0.2, 0.25) is 0 Å². The normalized spacial score (nSPS) is 12.1. The van der Waals surface area contributed by atoms with Gasteiger partial charge >= 0.3 is 5.97 Å². The minimum absolute atomic E-state index is 0.276. The average Bonchev–Trinajstić information content (AvgIpc) is 3.38. The number of hydrogen-bond donors (Lipinski definition) is 1. The number of H-pyrrole nitrogens is 1. The highest BCUT2D eigenvalue weighted by Gasteiger charge is 2.23. The van der Waals surface area contributed by atoms with Crippen LogP contribution in [0.15, 0.2) is 59.9 Å². The minimum Gasteiger partial charge on any atom is -0.494 e. The summed E-state index contributed by atoms with van der Waals surface area (Å²) in [6.07, 6.45) is 1.93. The standard InChI is InChI=1S/C23H24N4O3S/c1-4-29-17-12-10-16(11-13-17)27-21(19-14-24-20-9-7-6-8-18(19)20)25-26-23(27)31-15(3)22(28)30-5-2/h6-15,24H,4-5H2,1-3H3/t15-/m0/s1. The highest BCUT2D eigenvalue weighted by atomic mass is 32.2. The first-order chi connectivity index (χ1) is 15.1. The molecule has 31 heavy (non-hydrogen) atoms. The van der Waals surface area contributed by atoms with Gasteiger partial charge in [0.05, 0.1) is 13.2 Å². The molecule has 1 N–H and O–H groups in total. The second-order valence-corrected chi connectivity index (χ2v) is 8.14. The van der Waals surface area contributed by atoms with Gasteiger partial charge in [-0.15, -0.1) is 10.2 Å². The lowest BCUT2D eigenvalue weighted by Gasteiger charge is -2.13. The molecule has 2 heterocycles. The number of thioether (sulfide) groups is 1. The maximum absolute atomic E-state index is 12.2. The van der Waals surface area contributed by atoms with Gasteiger partial charge in [-0.1, -0.05) is 30.0 Å². The number of nitrogens with one attached hydrogen (secondary N) is 1. The molecule has 0 radical (unpaired) electrons. The number of ether oxygens (including phenoxy) is 2. The molecule has 0 bridgehead atoms. The summed E-state index contributed by atoms with van der Waals surface area (Å²) in [4.78, 5) is 15.5. The number of benzene rings is 2. The van der Waals surface area contributed by atoms with Crippen LogP contribution in [0.25, 0.3) is 28.0 Å². The highest BCUT2D eigenvalue weighted by molar-refractivity contribution is 8.00. The molecule has 7 nitrogen and oxygen atoms in total. The van der Waals surface area contributed by atoms with Gasteiger partial charge in [-0.25, -0.2) is 0 Å². The van der Waals surface area contributed by atoms with Crippen LogP contribution in [0.1, 0.15) is 20.8 Å². The van der Waals surface area contributed by atoms with E-state index in [1.54, 1.807) is 6.92 Å². The molecule has 0 aliphatic carbocycles. The predicted molar refractivity (Wildman–Crippen MR) is 122 cm³/mol. The van der Waals surface area contributed by atoms with Crippen molar-refractivity contribution in [3.05, 3.63) is 54.7 Å². The Morgan fingerprint density at radius 3 is 2.61 bits per heavy atom. The van der Waals surface area contributed by atoms with E-state index in [0.29, 0.717) is 24.2 Å². The van der Waals surface area contributed by atoms with Crippen LogP contribution in [0.5, 0.6) is 5.75 Å². The van der Waals surface area contributed by atoms with Crippen molar-refractivity contribution in [1.82, 2.24) is 19.7 Å². The van der Waals surface area contributed by atoms with Crippen LogP contribution in [-0.2, 0) is 9.53 Å². The fourth-order valence-electron chi connectivity index (χ4n) is 3.33. The molecule has 2 aromatic carbocycles. The van der Waals surface area contributed by atoms with Crippen molar-refractivity contribution < 1.29 is 14.3 Å². The van der Waals surface area contributed by atoms with Crippen molar-refractivity contribution in [2.75, 3.05) is 13.2 Å². The SMILES string of the molecule is CCOC(=O)[C@H](C)Sc1nnc(-c2c[nH]c3ccccc23)n1-c1ccc(OCC)cc1. The summed E-state index contributed by atoms with van der Waals surface area (Å²) < 4.78 is 12.7. The van der Waals surface area contributed by atoms with Crippen molar-refractivity contribution in [3.63, 3.8) is 0 Å². The van der Waals surface area contributed by atoms with Crippen LogP contribution >= 0.6 is 11.8 Å². The molecule has 0 amide bonds. The smallest absolute Gasteiger partial charge is 0.319 e. The van der Waals surface area contributed by atoms with E-state index in [0.717, 1.165) is 27.9 Å². The molecule has 1 atom stereocenters. The zero-order valence-corrected chi connectivity index (χ0v) is 18.5. The highest BCUT2D eigenvalue weighted by Crippen LogP contribution is 2.34. The molecular weight excluding hydrogens is 412 g/mol. The maximum Gasteiger partial charge on any atom is 0.319 e. The summed E-state index contributed by atoms with van der Waals surface area (Å²) in [5.74, 6) is 1.21. The van der Waals surface area contributed by atoms with E-state index < -0.39 is 5.25 Å². The van der Waals surface area contributed by atoms with Gasteiger partial charge in [0.15, 0.2) is 11.0 Å². The third-order valence-corrected chi connectivity index (χ3v) is 5.79. The third kappa shape index (κ3) is 4.29. The van der Waals surface area contributed by atoms with E-state index in [1.807, 2.05) is 73.1 Å². The second kappa shape index (κ2) is 9.26. The van der Waals surface area contributed by atoms with E-state index >= 15 is 0 Å². The monoisotopic (exact) mass is 436 g/mol. The van der Waals surface area contributed by atoms with E-state index in [4.69, 9.17) is 9.47 Å². The van der Waals surface area contributed by atoms with Gasteiger partial charge in [-0.3, -0.25) is 9.36 Å². The Morgan fingerprint density at radius 2 is 1.87 bits per heavy atom. The number of carbonyl (C=O) groups is 1. The van der Waals surface area contributed by atoms with Crippen LogP contribution in [0.2, 0.25) is 0 Å². The molecule has 0 spiro atoms. The van der Waals surface area contributed by atoms with Crippen molar-refractivity contribution in [3.8, 4) is 22.8 Å².